The molecule has 3 saturated heterocycles. The molecule has 0 saturated carbocycles. The van der Waals surface area contributed by atoms with Gasteiger partial charge in [0.25, 0.3) is 0 Å². The fraction of sp³-hybridized carbons (Fsp3) is 0.462. The maximum absolute atomic E-state index is 4.20. The van der Waals surface area contributed by atoms with E-state index >= 15 is 0 Å². The molecule has 2 nitrogen and oxygen atoms in total. The van der Waals surface area contributed by atoms with Crippen LogP contribution >= 0.6 is 15.9 Å². The molecule has 0 spiro atoms. The van der Waals surface area contributed by atoms with E-state index in [1.807, 2.05) is 12.4 Å². The number of fused-ring (bicyclic) bond motifs is 3. The number of aromatic nitrogens is 1. The SMILES string of the molecule is Brc1cncc(C=C2CC3CCN2CC3)c1. The first-order valence-corrected chi connectivity index (χ1v) is 6.66. The number of piperidine rings is 3. The Morgan fingerprint density at radius 1 is 1.31 bits per heavy atom. The largest absolute Gasteiger partial charge is 0.375 e. The van der Waals surface area contributed by atoms with Gasteiger partial charge in [-0.15, -0.1) is 0 Å². The second-order valence-electron chi connectivity index (χ2n) is 4.71. The Hall–Kier alpha value is -0.830. The minimum atomic E-state index is 0.927. The van der Waals surface area contributed by atoms with Gasteiger partial charge < -0.3 is 4.90 Å². The van der Waals surface area contributed by atoms with Gasteiger partial charge in [-0.3, -0.25) is 4.98 Å². The minimum absolute atomic E-state index is 0.927. The van der Waals surface area contributed by atoms with Gasteiger partial charge in [0.15, 0.2) is 0 Å². The summed E-state index contributed by atoms with van der Waals surface area (Å²) in [6.07, 6.45) is 10.1. The Kier molecular flexibility index (Phi) is 2.72. The summed E-state index contributed by atoms with van der Waals surface area (Å²) >= 11 is 3.46. The molecule has 0 unspecified atom stereocenters. The van der Waals surface area contributed by atoms with E-state index < -0.39 is 0 Å². The van der Waals surface area contributed by atoms with E-state index in [1.165, 1.54) is 43.6 Å². The second kappa shape index (κ2) is 4.21. The Labute approximate surface area is 104 Å². The van der Waals surface area contributed by atoms with Gasteiger partial charge in [0.05, 0.1) is 0 Å². The molecule has 84 valence electrons. The quantitative estimate of drug-likeness (QED) is 0.784. The van der Waals surface area contributed by atoms with E-state index in [1.54, 1.807) is 0 Å². The zero-order valence-electron chi connectivity index (χ0n) is 9.19. The van der Waals surface area contributed by atoms with Crippen LogP contribution < -0.4 is 0 Å². The lowest BCUT2D eigenvalue weighted by Crippen LogP contribution is -2.39. The molecule has 4 heterocycles. The number of rotatable bonds is 1. The van der Waals surface area contributed by atoms with Crippen LogP contribution in [0.15, 0.2) is 28.6 Å². The molecule has 0 aromatic carbocycles. The molecule has 16 heavy (non-hydrogen) atoms. The number of nitrogens with zero attached hydrogens (tertiary/aromatic N) is 2. The first-order chi connectivity index (χ1) is 7.81. The van der Waals surface area contributed by atoms with Crippen molar-refractivity contribution in [2.24, 2.45) is 5.92 Å². The molecule has 0 N–H and O–H groups in total. The van der Waals surface area contributed by atoms with Gasteiger partial charge in [-0.1, -0.05) is 0 Å². The van der Waals surface area contributed by atoms with E-state index in [9.17, 15) is 0 Å². The van der Waals surface area contributed by atoms with Crippen molar-refractivity contribution < 1.29 is 0 Å². The number of allylic oxidation sites excluding steroid dienone is 1. The smallest absolute Gasteiger partial charge is 0.0410 e. The number of hydrogen-bond donors (Lipinski definition) is 0. The van der Waals surface area contributed by atoms with Gasteiger partial charge in [-0.2, -0.15) is 0 Å². The van der Waals surface area contributed by atoms with Crippen LogP contribution in [-0.4, -0.2) is 23.0 Å². The van der Waals surface area contributed by atoms with E-state index in [0.717, 1.165) is 10.4 Å². The van der Waals surface area contributed by atoms with Crippen molar-refractivity contribution in [2.45, 2.75) is 19.3 Å². The molecule has 1 aromatic heterocycles. The maximum Gasteiger partial charge on any atom is 0.0410 e. The van der Waals surface area contributed by atoms with Crippen LogP contribution in [0.5, 0.6) is 0 Å². The maximum atomic E-state index is 4.20. The lowest BCUT2D eigenvalue weighted by molar-refractivity contribution is 0.163. The van der Waals surface area contributed by atoms with Gasteiger partial charge in [0.1, 0.15) is 0 Å². The van der Waals surface area contributed by atoms with E-state index in [2.05, 4.69) is 38.0 Å². The molecule has 1 aromatic rings. The average Bonchev–Trinajstić information content (AvgIpc) is 2.30. The first-order valence-electron chi connectivity index (χ1n) is 5.87. The normalized spacial score (nSPS) is 23.1. The Bertz CT molecular complexity index is 420. The van der Waals surface area contributed by atoms with Gasteiger partial charge in [0.2, 0.25) is 0 Å². The fourth-order valence-corrected chi connectivity index (χ4v) is 3.08. The summed E-state index contributed by atoms with van der Waals surface area (Å²) in [5.74, 6) is 0.927. The number of pyridine rings is 1. The van der Waals surface area contributed by atoms with Gasteiger partial charge in [0, 0.05) is 35.7 Å². The number of halogens is 1. The predicted molar refractivity (Wildman–Crippen MR) is 68.8 cm³/mol. The molecule has 0 amide bonds. The van der Waals surface area contributed by atoms with Crippen LogP contribution in [0, 0.1) is 5.92 Å². The fourth-order valence-electron chi connectivity index (χ4n) is 2.70. The van der Waals surface area contributed by atoms with Crippen molar-refractivity contribution in [3.05, 3.63) is 34.2 Å². The topological polar surface area (TPSA) is 16.1 Å². The van der Waals surface area contributed by atoms with Crippen LogP contribution in [-0.2, 0) is 0 Å². The van der Waals surface area contributed by atoms with Crippen LogP contribution in [0.25, 0.3) is 6.08 Å². The van der Waals surface area contributed by atoms with Crippen LogP contribution in [0.3, 0.4) is 0 Å². The zero-order chi connectivity index (χ0) is 11.0. The lowest BCUT2D eigenvalue weighted by Gasteiger charge is -2.42. The van der Waals surface area contributed by atoms with Crippen molar-refractivity contribution in [1.82, 2.24) is 9.88 Å². The molecular weight excluding hydrogens is 264 g/mol. The highest BCUT2D eigenvalue weighted by Crippen LogP contribution is 2.35. The Morgan fingerprint density at radius 3 is 2.75 bits per heavy atom. The summed E-state index contributed by atoms with van der Waals surface area (Å²) in [7, 11) is 0. The van der Waals surface area contributed by atoms with Crippen molar-refractivity contribution in [3.63, 3.8) is 0 Å². The van der Waals surface area contributed by atoms with Crippen molar-refractivity contribution in [2.75, 3.05) is 13.1 Å². The van der Waals surface area contributed by atoms with Crippen LogP contribution in [0.4, 0.5) is 0 Å². The van der Waals surface area contributed by atoms with E-state index in [0.29, 0.717) is 0 Å². The first kappa shape index (κ1) is 10.3. The Balaban J connectivity index is 1.87. The Morgan fingerprint density at radius 2 is 2.12 bits per heavy atom. The highest BCUT2D eigenvalue weighted by atomic mass is 79.9. The van der Waals surface area contributed by atoms with Gasteiger partial charge in [-0.05, 0) is 58.8 Å². The predicted octanol–water partition coefficient (Wildman–Crippen LogP) is 3.30. The summed E-state index contributed by atoms with van der Waals surface area (Å²) in [6, 6.07) is 2.13. The van der Waals surface area contributed by atoms with Crippen molar-refractivity contribution >= 4 is 22.0 Å². The third-order valence-corrected chi connectivity index (χ3v) is 4.01. The third-order valence-electron chi connectivity index (χ3n) is 3.58. The van der Waals surface area contributed by atoms with Crippen LogP contribution in [0.2, 0.25) is 0 Å². The molecule has 4 rings (SSSR count). The summed E-state index contributed by atoms with van der Waals surface area (Å²) in [5.41, 5.74) is 2.71. The molecule has 0 radical (unpaired) electrons. The minimum Gasteiger partial charge on any atom is -0.375 e. The lowest BCUT2D eigenvalue weighted by atomic mass is 9.85. The van der Waals surface area contributed by atoms with E-state index in [4.69, 9.17) is 0 Å². The van der Waals surface area contributed by atoms with Gasteiger partial charge >= 0.3 is 0 Å². The number of hydrogen-bond acceptors (Lipinski definition) is 2. The van der Waals surface area contributed by atoms with Crippen LogP contribution in [0.1, 0.15) is 24.8 Å². The van der Waals surface area contributed by atoms with E-state index in [-0.39, 0.29) is 0 Å². The average molecular weight is 279 g/mol. The second-order valence-corrected chi connectivity index (χ2v) is 5.62. The highest BCUT2D eigenvalue weighted by molar-refractivity contribution is 9.10. The van der Waals surface area contributed by atoms with Gasteiger partial charge in [-0.25, -0.2) is 0 Å². The summed E-state index contributed by atoms with van der Waals surface area (Å²) in [5, 5.41) is 0. The molecular formula is C13H15BrN2. The summed E-state index contributed by atoms with van der Waals surface area (Å²) in [4.78, 5) is 6.73. The summed E-state index contributed by atoms with van der Waals surface area (Å²) < 4.78 is 1.05. The monoisotopic (exact) mass is 278 g/mol. The van der Waals surface area contributed by atoms with Crippen molar-refractivity contribution in [3.8, 4) is 0 Å². The summed E-state index contributed by atoms with van der Waals surface area (Å²) in [6.45, 7) is 2.50. The zero-order valence-corrected chi connectivity index (χ0v) is 10.8. The molecule has 2 bridgehead atoms. The third kappa shape index (κ3) is 2.01. The van der Waals surface area contributed by atoms with Crippen molar-refractivity contribution in [1.29, 1.82) is 0 Å². The molecule has 3 heteroatoms. The molecule has 0 atom stereocenters. The highest BCUT2D eigenvalue weighted by Gasteiger charge is 2.28. The molecule has 0 aliphatic carbocycles. The molecule has 3 aliphatic heterocycles. The molecule has 3 aliphatic rings. The molecule has 3 fully saturated rings. The standard InChI is InChI=1S/C13H15BrN2/c14-12-5-11(8-15-9-12)7-13-6-10-1-3-16(13)4-2-10/h5,7-10H,1-4,6H2.